The molecule has 0 saturated heterocycles. The number of alkyl halides is 2. The molecular formula is C13H7Cl2F2N3O. The van der Waals surface area contributed by atoms with Gasteiger partial charge in [-0.25, -0.2) is 18.7 Å². The van der Waals surface area contributed by atoms with Gasteiger partial charge in [0.2, 0.25) is 0 Å². The number of halogens is 4. The minimum Gasteiger partial charge on any atom is -0.281 e. The monoisotopic (exact) mass is 329 g/mol. The van der Waals surface area contributed by atoms with Crippen molar-refractivity contribution in [3.63, 3.8) is 0 Å². The van der Waals surface area contributed by atoms with E-state index in [1.54, 1.807) is 0 Å². The third-order valence-corrected chi connectivity index (χ3v) is 2.91. The summed E-state index contributed by atoms with van der Waals surface area (Å²) in [5, 5.41) is 0.0860. The van der Waals surface area contributed by atoms with E-state index in [1.807, 2.05) is 0 Å². The molecule has 8 heteroatoms. The lowest BCUT2D eigenvalue weighted by Gasteiger charge is -2.11. The molecule has 0 aliphatic heterocycles. The summed E-state index contributed by atoms with van der Waals surface area (Å²) in [5.74, 6) is 2.23. The Hall–Kier alpha value is -1.97. The van der Waals surface area contributed by atoms with Gasteiger partial charge in [0.25, 0.3) is 12.0 Å². The molecule has 108 valence electrons. The van der Waals surface area contributed by atoms with E-state index in [-0.39, 0.29) is 28.2 Å². The predicted octanol–water partition coefficient (Wildman–Crippen LogP) is 3.18. The van der Waals surface area contributed by atoms with Crippen LogP contribution in [0.4, 0.5) is 8.78 Å². The van der Waals surface area contributed by atoms with Crippen LogP contribution in [0.15, 0.2) is 23.0 Å². The normalized spacial score (nSPS) is 10.7. The molecule has 0 unspecified atom stereocenters. The van der Waals surface area contributed by atoms with Crippen LogP contribution in [0.25, 0.3) is 11.4 Å². The number of rotatable bonds is 3. The van der Waals surface area contributed by atoms with E-state index in [9.17, 15) is 13.6 Å². The predicted molar refractivity (Wildman–Crippen MR) is 75.5 cm³/mol. The molecule has 0 fully saturated rings. The molecule has 4 nitrogen and oxygen atoms in total. The first-order valence-electron chi connectivity index (χ1n) is 5.59. The van der Waals surface area contributed by atoms with Crippen LogP contribution in [0.3, 0.4) is 0 Å². The Morgan fingerprint density at radius 2 is 1.86 bits per heavy atom. The zero-order valence-corrected chi connectivity index (χ0v) is 11.9. The first-order chi connectivity index (χ1) is 9.92. The van der Waals surface area contributed by atoms with Crippen molar-refractivity contribution in [3.05, 3.63) is 44.6 Å². The maximum Gasteiger partial charge on any atom is 0.280 e. The Bertz CT molecular complexity index is 764. The molecule has 0 bridgehead atoms. The first kappa shape index (κ1) is 15.4. The van der Waals surface area contributed by atoms with Gasteiger partial charge in [0.15, 0.2) is 0 Å². The summed E-state index contributed by atoms with van der Waals surface area (Å²) in [7, 11) is 0. The zero-order chi connectivity index (χ0) is 15.6. The molecule has 2 aromatic heterocycles. The smallest absolute Gasteiger partial charge is 0.280 e. The number of aromatic nitrogens is 3. The molecule has 0 aliphatic rings. The van der Waals surface area contributed by atoms with Crippen molar-refractivity contribution in [1.82, 2.24) is 14.5 Å². The standard InChI is InChI=1S/C13H7Cl2F2N3O/c1-2-3-20-11(21)6-8(12(16)17)18-13(20)7-4-9(14)19-10(15)5-7/h1,4-6,12H,3H2. The van der Waals surface area contributed by atoms with Crippen molar-refractivity contribution in [1.29, 1.82) is 0 Å². The lowest BCUT2D eigenvalue weighted by Crippen LogP contribution is -2.23. The molecular weight excluding hydrogens is 323 g/mol. The Balaban J connectivity index is 2.75. The van der Waals surface area contributed by atoms with Gasteiger partial charge in [-0.15, -0.1) is 6.42 Å². The van der Waals surface area contributed by atoms with Gasteiger partial charge < -0.3 is 0 Å². The van der Waals surface area contributed by atoms with Gasteiger partial charge in [0, 0.05) is 11.6 Å². The van der Waals surface area contributed by atoms with Crippen molar-refractivity contribution < 1.29 is 8.78 Å². The third kappa shape index (κ3) is 3.38. The Kier molecular flexibility index (Phi) is 4.56. The summed E-state index contributed by atoms with van der Waals surface area (Å²) in [4.78, 5) is 19.4. The molecule has 0 amide bonds. The molecule has 0 atom stereocenters. The number of nitrogens with zero attached hydrogens (tertiary/aromatic N) is 3. The van der Waals surface area contributed by atoms with Gasteiger partial charge >= 0.3 is 0 Å². The van der Waals surface area contributed by atoms with E-state index in [1.165, 1.54) is 12.1 Å². The zero-order valence-electron chi connectivity index (χ0n) is 10.4. The van der Waals surface area contributed by atoms with Crippen molar-refractivity contribution in [3.8, 4) is 23.7 Å². The molecule has 2 heterocycles. The summed E-state index contributed by atoms with van der Waals surface area (Å²) >= 11 is 11.5. The van der Waals surface area contributed by atoms with Crippen molar-refractivity contribution in [2.24, 2.45) is 0 Å². The number of pyridine rings is 1. The molecule has 0 spiro atoms. The van der Waals surface area contributed by atoms with Gasteiger partial charge in [0.1, 0.15) is 21.8 Å². The summed E-state index contributed by atoms with van der Waals surface area (Å²) in [6.07, 6.45) is 2.30. The van der Waals surface area contributed by atoms with Crippen LogP contribution < -0.4 is 5.56 Å². The molecule has 0 N–H and O–H groups in total. The summed E-state index contributed by atoms with van der Waals surface area (Å²) in [6.45, 7) is -0.123. The fourth-order valence-corrected chi connectivity index (χ4v) is 2.15. The van der Waals surface area contributed by atoms with Crippen LogP contribution in [-0.2, 0) is 6.54 Å². The molecule has 0 aromatic carbocycles. The van der Waals surface area contributed by atoms with E-state index in [0.29, 0.717) is 0 Å². The Morgan fingerprint density at radius 3 is 2.38 bits per heavy atom. The van der Waals surface area contributed by atoms with Crippen LogP contribution in [0.2, 0.25) is 10.3 Å². The van der Waals surface area contributed by atoms with E-state index < -0.39 is 17.7 Å². The fourth-order valence-electron chi connectivity index (χ4n) is 1.69. The molecule has 0 radical (unpaired) electrons. The minimum atomic E-state index is -2.88. The van der Waals surface area contributed by atoms with Crippen LogP contribution in [-0.4, -0.2) is 14.5 Å². The second-order valence-electron chi connectivity index (χ2n) is 3.94. The quantitative estimate of drug-likeness (QED) is 0.641. The van der Waals surface area contributed by atoms with Crippen LogP contribution in [0.5, 0.6) is 0 Å². The van der Waals surface area contributed by atoms with Gasteiger partial charge in [-0.1, -0.05) is 29.1 Å². The highest BCUT2D eigenvalue weighted by atomic mass is 35.5. The highest BCUT2D eigenvalue weighted by molar-refractivity contribution is 6.32. The van der Waals surface area contributed by atoms with Crippen LogP contribution >= 0.6 is 23.2 Å². The second-order valence-corrected chi connectivity index (χ2v) is 4.71. The topological polar surface area (TPSA) is 47.8 Å². The average molecular weight is 330 g/mol. The highest BCUT2D eigenvalue weighted by Gasteiger charge is 2.17. The first-order valence-corrected chi connectivity index (χ1v) is 6.35. The summed E-state index contributed by atoms with van der Waals surface area (Å²) in [5.41, 5.74) is -1.06. The second kappa shape index (κ2) is 6.20. The maximum absolute atomic E-state index is 12.8. The highest BCUT2D eigenvalue weighted by Crippen LogP contribution is 2.24. The Morgan fingerprint density at radius 1 is 1.24 bits per heavy atom. The van der Waals surface area contributed by atoms with Crippen molar-refractivity contribution >= 4 is 23.2 Å². The minimum absolute atomic E-state index is 0.0399. The van der Waals surface area contributed by atoms with E-state index in [2.05, 4.69) is 15.9 Å². The largest absolute Gasteiger partial charge is 0.281 e. The lowest BCUT2D eigenvalue weighted by molar-refractivity contribution is 0.145. The van der Waals surface area contributed by atoms with Gasteiger partial charge in [0.05, 0.1) is 6.54 Å². The SMILES string of the molecule is C#CCn1c(-c2cc(Cl)nc(Cl)c2)nc(C(F)F)cc1=O. The molecule has 2 aromatic rings. The van der Waals surface area contributed by atoms with Gasteiger partial charge in [-0.2, -0.15) is 0 Å². The van der Waals surface area contributed by atoms with E-state index in [4.69, 9.17) is 29.6 Å². The molecule has 0 saturated carbocycles. The van der Waals surface area contributed by atoms with E-state index >= 15 is 0 Å². The van der Waals surface area contributed by atoms with Crippen molar-refractivity contribution in [2.45, 2.75) is 13.0 Å². The summed E-state index contributed by atoms with van der Waals surface area (Å²) < 4.78 is 26.7. The van der Waals surface area contributed by atoms with Gasteiger partial charge in [-0.3, -0.25) is 9.36 Å². The average Bonchev–Trinajstić information content (AvgIpc) is 2.39. The van der Waals surface area contributed by atoms with Crippen LogP contribution in [0, 0.1) is 12.3 Å². The number of hydrogen-bond acceptors (Lipinski definition) is 3. The van der Waals surface area contributed by atoms with Crippen molar-refractivity contribution in [2.75, 3.05) is 0 Å². The van der Waals surface area contributed by atoms with Gasteiger partial charge in [-0.05, 0) is 12.1 Å². The molecule has 2 rings (SSSR count). The summed E-state index contributed by atoms with van der Waals surface area (Å²) in [6, 6.07) is 3.46. The Labute approximate surface area is 128 Å². The maximum atomic E-state index is 12.8. The fraction of sp³-hybridized carbons (Fsp3) is 0.154. The van der Waals surface area contributed by atoms with E-state index in [0.717, 1.165) is 10.6 Å². The lowest BCUT2D eigenvalue weighted by atomic mass is 10.2. The number of hydrogen-bond donors (Lipinski definition) is 0. The number of terminal acetylenes is 1. The van der Waals surface area contributed by atoms with Crippen LogP contribution in [0.1, 0.15) is 12.1 Å². The molecule has 21 heavy (non-hydrogen) atoms. The third-order valence-electron chi connectivity index (χ3n) is 2.52. The molecule has 0 aliphatic carbocycles.